The molecule has 134 valence electrons. The average Bonchev–Trinajstić information content (AvgIpc) is 2.60. The first-order chi connectivity index (χ1) is 11.5. The molecule has 1 aliphatic heterocycles. The van der Waals surface area contributed by atoms with Crippen LogP contribution >= 0.6 is 0 Å². The highest BCUT2D eigenvalue weighted by Crippen LogP contribution is 2.17. The monoisotopic (exact) mass is 336 g/mol. The lowest BCUT2D eigenvalue weighted by atomic mass is 10.0. The molecule has 0 saturated carbocycles. The summed E-state index contributed by atoms with van der Waals surface area (Å²) >= 11 is 0. The van der Waals surface area contributed by atoms with Crippen LogP contribution in [-0.4, -0.2) is 62.4 Å². The van der Waals surface area contributed by atoms with Crippen LogP contribution in [0.25, 0.3) is 0 Å². The van der Waals surface area contributed by atoms with Gasteiger partial charge in [0.1, 0.15) is 11.5 Å². The number of nitrogens with zero attached hydrogens (tertiary/aromatic N) is 1. The lowest BCUT2D eigenvalue weighted by Crippen LogP contribution is -2.55. The minimum absolute atomic E-state index is 0.00712. The SMILES string of the molecule is CCOc1ccc(OCC(=O)NCC(C)(C)N2CCOCC2)cc1. The summed E-state index contributed by atoms with van der Waals surface area (Å²) in [5, 5.41) is 2.95. The van der Waals surface area contributed by atoms with Crippen LogP contribution in [0.1, 0.15) is 20.8 Å². The van der Waals surface area contributed by atoms with Gasteiger partial charge in [0, 0.05) is 25.2 Å². The van der Waals surface area contributed by atoms with Gasteiger partial charge in [-0.15, -0.1) is 0 Å². The van der Waals surface area contributed by atoms with Crippen molar-refractivity contribution < 1.29 is 19.0 Å². The molecule has 1 aromatic carbocycles. The van der Waals surface area contributed by atoms with Gasteiger partial charge in [-0.2, -0.15) is 0 Å². The third kappa shape index (κ3) is 5.69. The molecule has 1 heterocycles. The van der Waals surface area contributed by atoms with Gasteiger partial charge >= 0.3 is 0 Å². The molecule has 0 atom stereocenters. The fourth-order valence-corrected chi connectivity index (χ4v) is 2.59. The highest BCUT2D eigenvalue weighted by molar-refractivity contribution is 5.77. The van der Waals surface area contributed by atoms with Crippen molar-refractivity contribution in [2.75, 3.05) is 46.1 Å². The molecule has 0 bridgehead atoms. The zero-order valence-electron chi connectivity index (χ0n) is 14.8. The van der Waals surface area contributed by atoms with Crippen molar-refractivity contribution in [1.82, 2.24) is 10.2 Å². The fraction of sp³-hybridized carbons (Fsp3) is 0.611. The third-order valence-corrected chi connectivity index (χ3v) is 4.09. The van der Waals surface area contributed by atoms with Crippen molar-refractivity contribution in [1.29, 1.82) is 0 Å². The van der Waals surface area contributed by atoms with Gasteiger partial charge in [0.25, 0.3) is 5.91 Å². The van der Waals surface area contributed by atoms with Crippen LogP contribution in [0.2, 0.25) is 0 Å². The molecule has 1 fully saturated rings. The van der Waals surface area contributed by atoms with Crippen molar-refractivity contribution in [3.8, 4) is 11.5 Å². The summed E-state index contributed by atoms with van der Waals surface area (Å²) in [6.45, 7) is 10.7. The molecule has 2 rings (SSSR count). The second kappa shape index (κ2) is 8.89. The predicted octanol–water partition coefficient (Wildman–Crippen LogP) is 1.69. The van der Waals surface area contributed by atoms with Crippen molar-refractivity contribution in [2.45, 2.75) is 26.3 Å². The first-order valence-corrected chi connectivity index (χ1v) is 8.46. The predicted molar refractivity (Wildman–Crippen MR) is 92.6 cm³/mol. The number of nitrogens with one attached hydrogen (secondary N) is 1. The van der Waals surface area contributed by atoms with E-state index in [2.05, 4.69) is 24.1 Å². The number of morpholine rings is 1. The van der Waals surface area contributed by atoms with E-state index in [0.717, 1.165) is 32.1 Å². The molecule has 0 unspecified atom stereocenters. The molecular formula is C18H28N2O4. The molecule has 6 heteroatoms. The van der Waals surface area contributed by atoms with Crippen LogP contribution in [0.5, 0.6) is 11.5 Å². The maximum Gasteiger partial charge on any atom is 0.258 e. The van der Waals surface area contributed by atoms with Crippen molar-refractivity contribution in [3.63, 3.8) is 0 Å². The summed E-state index contributed by atoms with van der Waals surface area (Å²) in [7, 11) is 0. The summed E-state index contributed by atoms with van der Waals surface area (Å²) in [4.78, 5) is 14.3. The Morgan fingerprint density at radius 1 is 1.17 bits per heavy atom. The molecule has 6 nitrogen and oxygen atoms in total. The summed E-state index contributed by atoms with van der Waals surface area (Å²) < 4.78 is 16.3. The molecular weight excluding hydrogens is 308 g/mol. The number of hydrogen-bond donors (Lipinski definition) is 1. The van der Waals surface area contributed by atoms with Crippen molar-refractivity contribution >= 4 is 5.91 Å². The van der Waals surface area contributed by atoms with E-state index in [-0.39, 0.29) is 18.1 Å². The summed E-state index contributed by atoms with van der Waals surface area (Å²) in [6.07, 6.45) is 0. The van der Waals surface area contributed by atoms with E-state index in [1.807, 2.05) is 19.1 Å². The number of carbonyl (C=O) groups excluding carboxylic acids is 1. The molecule has 0 aromatic heterocycles. The number of rotatable bonds is 8. The number of hydrogen-bond acceptors (Lipinski definition) is 5. The van der Waals surface area contributed by atoms with E-state index in [1.165, 1.54) is 0 Å². The molecule has 1 saturated heterocycles. The summed E-state index contributed by atoms with van der Waals surface area (Å²) in [6, 6.07) is 7.27. The second-order valence-corrected chi connectivity index (χ2v) is 6.38. The van der Waals surface area contributed by atoms with Gasteiger partial charge in [0.2, 0.25) is 0 Å². The lowest BCUT2D eigenvalue weighted by molar-refractivity contribution is -0.123. The van der Waals surface area contributed by atoms with Crippen LogP contribution in [0.4, 0.5) is 0 Å². The molecule has 24 heavy (non-hydrogen) atoms. The quantitative estimate of drug-likeness (QED) is 0.783. The highest BCUT2D eigenvalue weighted by atomic mass is 16.5. The molecule has 1 amide bonds. The van der Waals surface area contributed by atoms with E-state index >= 15 is 0 Å². The van der Waals surface area contributed by atoms with Gasteiger partial charge in [-0.1, -0.05) is 0 Å². The van der Waals surface area contributed by atoms with Gasteiger partial charge in [-0.25, -0.2) is 0 Å². The maximum absolute atomic E-state index is 12.0. The van der Waals surface area contributed by atoms with Gasteiger partial charge in [0.05, 0.1) is 19.8 Å². The van der Waals surface area contributed by atoms with Gasteiger partial charge in [0.15, 0.2) is 6.61 Å². The van der Waals surface area contributed by atoms with Crippen LogP contribution in [0.3, 0.4) is 0 Å². The fourth-order valence-electron chi connectivity index (χ4n) is 2.59. The number of benzene rings is 1. The zero-order chi connectivity index (χ0) is 17.4. The van der Waals surface area contributed by atoms with Gasteiger partial charge in [-0.3, -0.25) is 9.69 Å². The maximum atomic E-state index is 12.0. The molecule has 1 N–H and O–H groups in total. The minimum atomic E-state index is -0.120. The summed E-state index contributed by atoms with van der Waals surface area (Å²) in [5.74, 6) is 1.33. The van der Waals surface area contributed by atoms with Crippen molar-refractivity contribution in [2.24, 2.45) is 0 Å². The topological polar surface area (TPSA) is 60.0 Å². The Kier molecular flexibility index (Phi) is 6.87. The third-order valence-electron chi connectivity index (χ3n) is 4.09. The minimum Gasteiger partial charge on any atom is -0.494 e. The van der Waals surface area contributed by atoms with E-state index in [4.69, 9.17) is 14.2 Å². The lowest BCUT2D eigenvalue weighted by Gasteiger charge is -2.40. The van der Waals surface area contributed by atoms with E-state index in [9.17, 15) is 4.79 Å². The Labute approximate surface area is 144 Å². The second-order valence-electron chi connectivity index (χ2n) is 6.38. The Hall–Kier alpha value is -1.79. The largest absolute Gasteiger partial charge is 0.494 e. The Morgan fingerprint density at radius 3 is 2.33 bits per heavy atom. The smallest absolute Gasteiger partial charge is 0.258 e. The van der Waals surface area contributed by atoms with Crippen LogP contribution in [0.15, 0.2) is 24.3 Å². The Bertz CT molecular complexity index is 510. The Morgan fingerprint density at radius 2 is 1.75 bits per heavy atom. The average molecular weight is 336 g/mol. The number of amides is 1. The van der Waals surface area contributed by atoms with E-state index in [0.29, 0.717) is 18.9 Å². The number of ether oxygens (including phenoxy) is 3. The van der Waals surface area contributed by atoms with E-state index in [1.54, 1.807) is 12.1 Å². The van der Waals surface area contributed by atoms with Crippen LogP contribution in [-0.2, 0) is 9.53 Å². The standard InChI is InChI=1S/C18H28N2O4/c1-4-23-15-5-7-16(8-6-15)24-13-17(21)19-14-18(2,3)20-9-11-22-12-10-20/h5-8H,4,9-14H2,1-3H3,(H,19,21). The Balaban J connectivity index is 1.72. The summed E-state index contributed by atoms with van der Waals surface area (Å²) in [5.41, 5.74) is -0.0986. The van der Waals surface area contributed by atoms with Gasteiger partial charge in [-0.05, 0) is 45.0 Å². The van der Waals surface area contributed by atoms with Crippen molar-refractivity contribution in [3.05, 3.63) is 24.3 Å². The molecule has 0 spiro atoms. The van der Waals surface area contributed by atoms with Crippen LogP contribution < -0.4 is 14.8 Å². The number of carbonyl (C=O) groups is 1. The normalized spacial score (nSPS) is 15.8. The molecule has 0 radical (unpaired) electrons. The first kappa shape index (κ1) is 18.5. The molecule has 1 aromatic rings. The van der Waals surface area contributed by atoms with Gasteiger partial charge < -0.3 is 19.5 Å². The zero-order valence-corrected chi connectivity index (χ0v) is 14.8. The molecule has 0 aliphatic carbocycles. The van der Waals surface area contributed by atoms with Crippen LogP contribution in [0, 0.1) is 0 Å². The van der Waals surface area contributed by atoms with E-state index < -0.39 is 0 Å². The first-order valence-electron chi connectivity index (χ1n) is 8.46. The highest BCUT2D eigenvalue weighted by Gasteiger charge is 2.28. The molecule has 1 aliphatic rings.